The van der Waals surface area contributed by atoms with Gasteiger partial charge in [0, 0.05) is 5.56 Å². The molecule has 1 aromatic carbocycles. The molecule has 0 fully saturated rings. The molecule has 0 atom stereocenters. The lowest BCUT2D eigenvalue weighted by molar-refractivity contribution is 0.165. The maximum Gasteiger partial charge on any atom is 0.0277 e. The Balaban J connectivity index is 2.52. The predicted octanol–water partition coefficient (Wildman–Crippen LogP) is 5.26. The summed E-state index contributed by atoms with van der Waals surface area (Å²) in [5.41, 5.74) is 6.01. The second-order valence-corrected chi connectivity index (χ2v) is 7.42. The number of hydrogen-bond donors (Lipinski definition) is 0. The van der Waals surface area contributed by atoms with Crippen molar-refractivity contribution >= 4 is 0 Å². The Morgan fingerprint density at radius 3 is 2.50 bits per heavy atom. The summed E-state index contributed by atoms with van der Waals surface area (Å²) in [5.74, 6) is 2.92. The van der Waals surface area contributed by atoms with Crippen LogP contribution in [0.15, 0.2) is 12.1 Å². The number of unbranched alkanes of at least 4 members (excludes halogenated alkanes) is 1. The van der Waals surface area contributed by atoms with Gasteiger partial charge in [0.25, 0.3) is 0 Å². The van der Waals surface area contributed by atoms with Crippen LogP contribution >= 0.6 is 0 Å². The summed E-state index contributed by atoms with van der Waals surface area (Å²) in [7, 11) is 0. The third kappa shape index (κ3) is 2.39. The first-order valence-electron chi connectivity index (χ1n) is 7.96. The van der Waals surface area contributed by atoms with Gasteiger partial charge in [-0.15, -0.1) is 6.42 Å². The molecule has 1 aliphatic carbocycles. The van der Waals surface area contributed by atoms with Crippen molar-refractivity contribution in [2.45, 2.75) is 72.1 Å². The van der Waals surface area contributed by atoms with Crippen molar-refractivity contribution in [3.63, 3.8) is 0 Å². The molecule has 0 bridgehead atoms. The summed E-state index contributed by atoms with van der Waals surface area (Å²) >= 11 is 0. The average Bonchev–Trinajstić information content (AvgIpc) is 2.40. The van der Waals surface area contributed by atoms with Gasteiger partial charge in [-0.2, -0.15) is 0 Å². The van der Waals surface area contributed by atoms with E-state index in [0.717, 1.165) is 12.0 Å². The number of terminal acetylenes is 1. The summed E-state index contributed by atoms with van der Waals surface area (Å²) in [6.07, 6.45) is 11.8. The molecule has 0 saturated carbocycles. The van der Waals surface area contributed by atoms with Crippen molar-refractivity contribution in [3.05, 3.63) is 34.4 Å². The molecule has 2 rings (SSSR count). The summed E-state index contributed by atoms with van der Waals surface area (Å²) in [6.45, 7) is 11.8. The van der Waals surface area contributed by atoms with E-state index >= 15 is 0 Å². The van der Waals surface area contributed by atoms with E-state index in [9.17, 15) is 0 Å². The van der Waals surface area contributed by atoms with Crippen LogP contribution < -0.4 is 0 Å². The van der Waals surface area contributed by atoms with Crippen molar-refractivity contribution in [1.29, 1.82) is 0 Å². The maximum absolute atomic E-state index is 5.76. The van der Waals surface area contributed by atoms with E-state index in [-0.39, 0.29) is 5.41 Å². The molecule has 0 N–H and O–H groups in total. The lowest BCUT2D eigenvalue weighted by Gasteiger charge is -2.47. The second-order valence-electron chi connectivity index (χ2n) is 7.42. The summed E-state index contributed by atoms with van der Waals surface area (Å²) in [5, 5.41) is 0. The lowest BCUT2D eigenvalue weighted by atomic mass is 9.57. The van der Waals surface area contributed by atoms with E-state index in [1.165, 1.54) is 42.4 Å². The zero-order chi connectivity index (χ0) is 15.0. The fraction of sp³-hybridized carbons (Fsp3) is 0.600. The van der Waals surface area contributed by atoms with Crippen LogP contribution in [0.5, 0.6) is 0 Å². The Bertz CT molecular complexity index is 538. The van der Waals surface area contributed by atoms with E-state index in [1.807, 2.05) is 0 Å². The zero-order valence-electron chi connectivity index (χ0n) is 13.8. The Morgan fingerprint density at radius 1 is 1.20 bits per heavy atom. The topological polar surface area (TPSA) is 0 Å². The quantitative estimate of drug-likeness (QED) is 0.656. The Morgan fingerprint density at radius 2 is 1.90 bits per heavy atom. The molecule has 1 aromatic rings. The molecule has 0 heterocycles. The van der Waals surface area contributed by atoms with Crippen molar-refractivity contribution < 1.29 is 0 Å². The van der Waals surface area contributed by atoms with Gasteiger partial charge in [0.05, 0.1) is 0 Å². The normalized spacial score (nSPS) is 19.2. The molecule has 20 heavy (non-hydrogen) atoms. The van der Waals surface area contributed by atoms with Crippen LogP contribution in [0.4, 0.5) is 0 Å². The molecule has 0 amide bonds. The first-order chi connectivity index (χ1) is 9.33. The summed E-state index contributed by atoms with van der Waals surface area (Å²) in [4.78, 5) is 0. The first-order valence-corrected chi connectivity index (χ1v) is 7.96. The minimum Gasteiger partial charge on any atom is -0.115 e. The van der Waals surface area contributed by atoms with E-state index in [0.29, 0.717) is 5.41 Å². The maximum atomic E-state index is 5.76. The monoisotopic (exact) mass is 268 g/mol. The molecule has 0 radical (unpaired) electrons. The minimum absolute atomic E-state index is 0.190. The molecular formula is C20H28. The highest BCUT2D eigenvalue weighted by Gasteiger charge is 2.42. The van der Waals surface area contributed by atoms with Crippen LogP contribution in [0.1, 0.15) is 76.1 Å². The zero-order valence-corrected chi connectivity index (χ0v) is 13.8. The van der Waals surface area contributed by atoms with Crippen LogP contribution in [0.25, 0.3) is 0 Å². The van der Waals surface area contributed by atoms with Gasteiger partial charge in [-0.3, -0.25) is 0 Å². The minimum atomic E-state index is 0.190. The van der Waals surface area contributed by atoms with Gasteiger partial charge in [0.1, 0.15) is 0 Å². The number of rotatable bonds is 3. The molecular weight excluding hydrogens is 240 g/mol. The third-order valence-electron chi connectivity index (χ3n) is 5.67. The number of hydrogen-bond acceptors (Lipinski definition) is 0. The van der Waals surface area contributed by atoms with Gasteiger partial charge in [-0.05, 0) is 59.3 Å². The van der Waals surface area contributed by atoms with Gasteiger partial charge >= 0.3 is 0 Å². The van der Waals surface area contributed by atoms with Crippen LogP contribution in [0.3, 0.4) is 0 Å². The molecule has 0 spiro atoms. The highest BCUT2D eigenvalue weighted by molar-refractivity contribution is 5.50. The van der Waals surface area contributed by atoms with Crippen LogP contribution in [0, 0.1) is 17.8 Å². The predicted molar refractivity (Wildman–Crippen MR) is 88.1 cm³/mol. The van der Waals surface area contributed by atoms with Crippen molar-refractivity contribution in [2.75, 3.05) is 0 Å². The highest BCUT2D eigenvalue weighted by Crippen LogP contribution is 2.49. The van der Waals surface area contributed by atoms with Crippen molar-refractivity contribution in [3.8, 4) is 12.3 Å². The summed E-state index contributed by atoms with van der Waals surface area (Å²) < 4.78 is 0. The molecule has 0 aliphatic heterocycles. The molecule has 108 valence electrons. The van der Waals surface area contributed by atoms with E-state index < -0.39 is 0 Å². The SMILES string of the molecule is C#Cc1cc2c(cc1CCCC)CCC(C)(C)C2(C)C. The van der Waals surface area contributed by atoms with Gasteiger partial charge < -0.3 is 0 Å². The largest absolute Gasteiger partial charge is 0.115 e. The van der Waals surface area contributed by atoms with Gasteiger partial charge in [0.2, 0.25) is 0 Å². The third-order valence-corrected chi connectivity index (χ3v) is 5.67. The fourth-order valence-corrected chi connectivity index (χ4v) is 3.32. The molecule has 0 nitrogen and oxygen atoms in total. The van der Waals surface area contributed by atoms with Gasteiger partial charge in [-0.25, -0.2) is 0 Å². The standard InChI is InChI=1S/C20H28/c1-7-9-10-16-13-17-11-12-19(3,4)20(5,6)18(17)14-15(16)8-2/h2,13-14H,7,9-12H2,1,3-6H3. The Labute approximate surface area is 125 Å². The molecule has 0 heteroatoms. The fourth-order valence-electron chi connectivity index (χ4n) is 3.32. The van der Waals surface area contributed by atoms with Gasteiger partial charge in [-0.1, -0.05) is 53.0 Å². The van der Waals surface area contributed by atoms with Crippen LogP contribution in [-0.2, 0) is 18.3 Å². The Hall–Kier alpha value is -1.22. The molecule has 1 aliphatic rings. The average molecular weight is 268 g/mol. The highest BCUT2D eigenvalue weighted by atomic mass is 14.5. The van der Waals surface area contributed by atoms with Gasteiger partial charge in [0.15, 0.2) is 0 Å². The van der Waals surface area contributed by atoms with Crippen LogP contribution in [-0.4, -0.2) is 0 Å². The number of fused-ring (bicyclic) bond motifs is 1. The van der Waals surface area contributed by atoms with E-state index in [2.05, 4.69) is 52.7 Å². The van der Waals surface area contributed by atoms with E-state index in [1.54, 1.807) is 0 Å². The van der Waals surface area contributed by atoms with E-state index in [4.69, 9.17) is 6.42 Å². The molecule has 0 saturated heterocycles. The summed E-state index contributed by atoms with van der Waals surface area (Å²) in [6, 6.07) is 4.71. The van der Waals surface area contributed by atoms with Crippen LogP contribution in [0.2, 0.25) is 0 Å². The smallest absolute Gasteiger partial charge is 0.0277 e. The molecule has 0 aromatic heterocycles. The second kappa shape index (κ2) is 5.28. The van der Waals surface area contributed by atoms with Crippen molar-refractivity contribution in [1.82, 2.24) is 0 Å². The first kappa shape index (κ1) is 15.2. The lowest BCUT2D eigenvalue weighted by Crippen LogP contribution is -2.41. The van der Waals surface area contributed by atoms with Crippen molar-refractivity contribution in [2.24, 2.45) is 5.41 Å². The number of aryl methyl sites for hydroxylation is 2. The number of benzene rings is 1. The molecule has 0 unspecified atom stereocenters. The Kier molecular flexibility index (Phi) is 4.01.